The highest BCUT2D eigenvalue weighted by atomic mass is 16.5. The van der Waals surface area contributed by atoms with Gasteiger partial charge in [0.15, 0.2) is 0 Å². The number of aromatic hydroxyl groups is 1. The average molecular weight is 257 g/mol. The fraction of sp³-hybridized carbons (Fsp3) is 0.250. The number of ether oxygens (including phenoxy) is 1. The van der Waals surface area contributed by atoms with Gasteiger partial charge in [0, 0.05) is 11.6 Å². The maximum Gasteiger partial charge on any atom is 0.124 e. The molecular weight excluding hydrogens is 238 g/mol. The van der Waals surface area contributed by atoms with Crippen LogP contribution in [-0.4, -0.2) is 5.11 Å². The van der Waals surface area contributed by atoms with Crippen LogP contribution in [-0.2, 0) is 6.61 Å². The zero-order valence-electron chi connectivity index (χ0n) is 11.3. The van der Waals surface area contributed by atoms with Crippen molar-refractivity contribution in [1.29, 1.82) is 0 Å². The molecule has 1 atom stereocenters. The first kappa shape index (κ1) is 13.4. The molecule has 0 bridgehead atoms. The molecule has 2 aromatic carbocycles. The normalized spacial score (nSPS) is 12.2. The lowest BCUT2D eigenvalue weighted by Crippen LogP contribution is -2.08. The van der Waals surface area contributed by atoms with Crippen molar-refractivity contribution >= 4 is 0 Å². The number of benzene rings is 2. The number of phenolic OH excluding ortho intramolecular Hbond substituents is 1. The smallest absolute Gasteiger partial charge is 0.124 e. The van der Waals surface area contributed by atoms with Crippen LogP contribution < -0.4 is 10.5 Å². The molecule has 0 amide bonds. The summed E-state index contributed by atoms with van der Waals surface area (Å²) in [7, 11) is 0. The first-order valence-corrected chi connectivity index (χ1v) is 6.33. The fourth-order valence-electron chi connectivity index (χ4n) is 1.90. The van der Waals surface area contributed by atoms with Crippen molar-refractivity contribution in [2.75, 3.05) is 0 Å². The van der Waals surface area contributed by atoms with Gasteiger partial charge in [-0.25, -0.2) is 0 Å². The molecule has 2 aromatic rings. The standard InChI is InChI=1S/C16H19NO2/c1-11-3-8-15(12(2)17)16(9-11)19-10-13-4-6-14(18)7-5-13/h3-9,12,18H,10,17H2,1-2H3/t12-/m0/s1. The van der Waals surface area contributed by atoms with Crippen LogP contribution in [0, 0.1) is 6.92 Å². The molecule has 0 heterocycles. The SMILES string of the molecule is Cc1ccc([C@H](C)N)c(OCc2ccc(O)cc2)c1. The molecular formula is C16H19NO2. The number of hydrogen-bond donors (Lipinski definition) is 2. The van der Waals surface area contributed by atoms with Gasteiger partial charge in [0.05, 0.1) is 0 Å². The van der Waals surface area contributed by atoms with E-state index in [4.69, 9.17) is 10.5 Å². The highest BCUT2D eigenvalue weighted by molar-refractivity contribution is 5.39. The van der Waals surface area contributed by atoms with Crippen molar-refractivity contribution in [1.82, 2.24) is 0 Å². The average Bonchev–Trinajstić information content (AvgIpc) is 2.38. The third-order valence-electron chi connectivity index (χ3n) is 2.99. The molecule has 0 fully saturated rings. The van der Waals surface area contributed by atoms with E-state index < -0.39 is 0 Å². The second kappa shape index (κ2) is 5.76. The summed E-state index contributed by atoms with van der Waals surface area (Å²) < 4.78 is 5.84. The minimum absolute atomic E-state index is 0.0598. The first-order valence-electron chi connectivity index (χ1n) is 6.33. The summed E-state index contributed by atoms with van der Waals surface area (Å²) in [5, 5.41) is 9.24. The predicted molar refractivity (Wildman–Crippen MR) is 76.2 cm³/mol. The number of nitrogens with two attached hydrogens (primary N) is 1. The zero-order valence-corrected chi connectivity index (χ0v) is 11.3. The minimum atomic E-state index is -0.0598. The van der Waals surface area contributed by atoms with E-state index in [1.807, 2.05) is 44.2 Å². The van der Waals surface area contributed by atoms with Crippen LogP contribution in [0.25, 0.3) is 0 Å². The molecule has 3 nitrogen and oxygen atoms in total. The van der Waals surface area contributed by atoms with E-state index in [0.717, 1.165) is 22.4 Å². The Hall–Kier alpha value is -2.00. The van der Waals surface area contributed by atoms with Crippen molar-refractivity contribution in [2.24, 2.45) is 5.73 Å². The van der Waals surface area contributed by atoms with Gasteiger partial charge in [-0.05, 0) is 43.2 Å². The van der Waals surface area contributed by atoms with Gasteiger partial charge in [0.1, 0.15) is 18.1 Å². The van der Waals surface area contributed by atoms with E-state index in [0.29, 0.717) is 6.61 Å². The molecule has 19 heavy (non-hydrogen) atoms. The van der Waals surface area contributed by atoms with E-state index in [1.54, 1.807) is 12.1 Å². The summed E-state index contributed by atoms with van der Waals surface area (Å²) in [5.41, 5.74) is 9.10. The lowest BCUT2D eigenvalue weighted by Gasteiger charge is -2.15. The van der Waals surface area contributed by atoms with Gasteiger partial charge in [-0.15, -0.1) is 0 Å². The Kier molecular flexibility index (Phi) is 4.07. The van der Waals surface area contributed by atoms with Crippen molar-refractivity contribution in [3.8, 4) is 11.5 Å². The maximum absolute atomic E-state index is 9.24. The third kappa shape index (κ3) is 3.48. The predicted octanol–water partition coefficient (Wildman–Crippen LogP) is 3.30. The lowest BCUT2D eigenvalue weighted by atomic mass is 10.1. The number of aryl methyl sites for hydroxylation is 1. The zero-order chi connectivity index (χ0) is 13.8. The quantitative estimate of drug-likeness (QED) is 0.883. The summed E-state index contributed by atoms with van der Waals surface area (Å²) in [6.45, 7) is 4.43. The van der Waals surface area contributed by atoms with Crippen LogP contribution >= 0.6 is 0 Å². The molecule has 0 aliphatic carbocycles. The third-order valence-corrected chi connectivity index (χ3v) is 2.99. The van der Waals surface area contributed by atoms with Crippen LogP contribution in [0.2, 0.25) is 0 Å². The van der Waals surface area contributed by atoms with E-state index in [2.05, 4.69) is 0 Å². The van der Waals surface area contributed by atoms with Crippen LogP contribution in [0.1, 0.15) is 29.7 Å². The first-order chi connectivity index (χ1) is 9.06. The Morgan fingerprint density at radius 3 is 2.47 bits per heavy atom. The summed E-state index contributed by atoms with van der Waals surface area (Å²) in [6.07, 6.45) is 0. The topological polar surface area (TPSA) is 55.5 Å². The Balaban J connectivity index is 2.14. The van der Waals surface area contributed by atoms with Crippen molar-refractivity contribution in [3.63, 3.8) is 0 Å². The van der Waals surface area contributed by atoms with Gasteiger partial charge >= 0.3 is 0 Å². The number of rotatable bonds is 4. The van der Waals surface area contributed by atoms with Crippen molar-refractivity contribution in [3.05, 3.63) is 59.2 Å². The van der Waals surface area contributed by atoms with Crippen molar-refractivity contribution in [2.45, 2.75) is 26.5 Å². The molecule has 0 unspecified atom stereocenters. The summed E-state index contributed by atoms with van der Waals surface area (Å²) >= 11 is 0. The van der Waals surface area contributed by atoms with Gasteiger partial charge in [0.2, 0.25) is 0 Å². The summed E-state index contributed by atoms with van der Waals surface area (Å²) in [5.74, 6) is 1.08. The Morgan fingerprint density at radius 1 is 1.16 bits per heavy atom. The van der Waals surface area contributed by atoms with Gasteiger partial charge in [0.25, 0.3) is 0 Å². The van der Waals surface area contributed by atoms with Gasteiger partial charge in [-0.3, -0.25) is 0 Å². The molecule has 2 rings (SSSR count). The highest BCUT2D eigenvalue weighted by Crippen LogP contribution is 2.26. The van der Waals surface area contributed by atoms with E-state index in [1.165, 1.54) is 0 Å². The number of hydrogen-bond acceptors (Lipinski definition) is 3. The van der Waals surface area contributed by atoms with Crippen LogP contribution in [0.5, 0.6) is 11.5 Å². The monoisotopic (exact) mass is 257 g/mol. The second-order valence-corrected chi connectivity index (χ2v) is 4.79. The van der Waals surface area contributed by atoms with Crippen LogP contribution in [0.3, 0.4) is 0 Å². The Morgan fingerprint density at radius 2 is 1.84 bits per heavy atom. The summed E-state index contributed by atoms with van der Waals surface area (Å²) in [4.78, 5) is 0. The molecule has 0 aliphatic heterocycles. The molecule has 0 aliphatic rings. The maximum atomic E-state index is 9.24. The van der Waals surface area contributed by atoms with Crippen LogP contribution in [0.15, 0.2) is 42.5 Å². The number of phenols is 1. The molecule has 0 saturated carbocycles. The molecule has 3 heteroatoms. The largest absolute Gasteiger partial charge is 0.508 e. The molecule has 100 valence electrons. The highest BCUT2D eigenvalue weighted by Gasteiger charge is 2.08. The van der Waals surface area contributed by atoms with Gasteiger partial charge < -0.3 is 15.6 Å². The van der Waals surface area contributed by atoms with E-state index >= 15 is 0 Å². The molecule has 0 aromatic heterocycles. The van der Waals surface area contributed by atoms with Crippen molar-refractivity contribution < 1.29 is 9.84 Å². The summed E-state index contributed by atoms with van der Waals surface area (Å²) in [6, 6.07) is 13.0. The fourth-order valence-corrected chi connectivity index (χ4v) is 1.90. The van der Waals surface area contributed by atoms with E-state index in [-0.39, 0.29) is 11.8 Å². The van der Waals surface area contributed by atoms with Gasteiger partial charge in [-0.1, -0.05) is 24.3 Å². The Bertz CT molecular complexity index is 547. The Labute approximate surface area is 113 Å². The van der Waals surface area contributed by atoms with E-state index in [9.17, 15) is 5.11 Å². The second-order valence-electron chi connectivity index (χ2n) is 4.79. The van der Waals surface area contributed by atoms with Crippen LogP contribution in [0.4, 0.5) is 0 Å². The molecule has 0 radical (unpaired) electrons. The van der Waals surface area contributed by atoms with Gasteiger partial charge in [-0.2, -0.15) is 0 Å². The lowest BCUT2D eigenvalue weighted by molar-refractivity contribution is 0.301. The molecule has 0 spiro atoms. The molecule has 3 N–H and O–H groups in total. The molecule has 0 saturated heterocycles. The minimum Gasteiger partial charge on any atom is -0.508 e.